The number of aromatic nitrogens is 1. The van der Waals surface area contributed by atoms with Crippen molar-refractivity contribution in [1.82, 2.24) is 9.29 Å². The van der Waals surface area contributed by atoms with Crippen molar-refractivity contribution < 1.29 is 13.2 Å². The summed E-state index contributed by atoms with van der Waals surface area (Å²) in [5.74, 6) is 0.638. The molecule has 1 heterocycles. The molecule has 0 aliphatic carbocycles. The molecule has 0 aliphatic rings. The summed E-state index contributed by atoms with van der Waals surface area (Å²) in [6, 6.07) is 12.1. The summed E-state index contributed by atoms with van der Waals surface area (Å²) < 4.78 is 32.2. The number of methoxy groups -OCH3 is 1. The van der Waals surface area contributed by atoms with Crippen LogP contribution in [0.4, 0.5) is 0 Å². The van der Waals surface area contributed by atoms with Gasteiger partial charge in [-0.2, -0.15) is 4.31 Å². The maximum Gasteiger partial charge on any atom is 0.243 e. The minimum atomic E-state index is -3.51. The van der Waals surface area contributed by atoms with Gasteiger partial charge in [0.2, 0.25) is 10.0 Å². The van der Waals surface area contributed by atoms with Crippen LogP contribution < -0.4 is 4.74 Å². The second-order valence-electron chi connectivity index (χ2n) is 5.15. The zero-order chi connectivity index (χ0) is 16.7. The number of hydrogen-bond acceptors (Lipinski definition) is 4. The smallest absolute Gasteiger partial charge is 0.243 e. The number of nitrogens with zero attached hydrogens (tertiary/aromatic N) is 2. The van der Waals surface area contributed by atoms with Crippen molar-refractivity contribution in [2.45, 2.75) is 24.7 Å². The number of benzene rings is 1. The van der Waals surface area contributed by atoms with E-state index in [9.17, 15) is 8.42 Å². The fraction of sp³-hybridized carbons (Fsp3) is 0.353. The lowest BCUT2D eigenvalue weighted by atomic mass is 10.3. The minimum Gasteiger partial charge on any atom is -0.497 e. The lowest BCUT2D eigenvalue weighted by Crippen LogP contribution is -2.33. The molecule has 2 rings (SSSR count). The van der Waals surface area contributed by atoms with Crippen molar-refractivity contribution in [2.75, 3.05) is 20.2 Å². The molecule has 23 heavy (non-hydrogen) atoms. The van der Waals surface area contributed by atoms with Gasteiger partial charge in [0.1, 0.15) is 5.75 Å². The second-order valence-corrected chi connectivity index (χ2v) is 7.09. The predicted molar refractivity (Wildman–Crippen MR) is 90.0 cm³/mol. The molecule has 0 bridgehead atoms. The highest BCUT2D eigenvalue weighted by molar-refractivity contribution is 7.89. The van der Waals surface area contributed by atoms with E-state index in [4.69, 9.17) is 4.74 Å². The number of pyridine rings is 1. The Kier molecular flexibility index (Phi) is 6.12. The molecule has 0 saturated carbocycles. The molecule has 0 N–H and O–H groups in total. The lowest BCUT2D eigenvalue weighted by molar-refractivity contribution is 0.409. The molecular weight excluding hydrogens is 312 g/mol. The number of sulfonamides is 1. The number of hydrogen-bond donors (Lipinski definition) is 0. The van der Waals surface area contributed by atoms with E-state index in [0.29, 0.717) is 25.3 Å². The Labute approximate surface area is 138 Å². The van der Waals surface area contributed by atoms with Crippen LogP contribution in [0.25, 0.3) is 0 Å². The molecule has 0 fully saturated rings. The van der Waals surface area contributed by atoms with E-state index in [2.05, 4.69) is 4.98 Å². The molecule has 0 spiro atoms. The summed E-state index contributed by atoms with van der Waals surface area (Å²) >= 11 is 0. The SMILES string of the molecule is CCCN(CCc1ccccn1)S(=O)(=O)c1ccc(OC)cc1. The van der Waals surface area contributed by atoms with E-state index in [0.717, 1.165) is 12.1 Å². The Bertz CT molecular complexity index is 700. The molecule has 124 valence electrons. The van der Waals surface area contributed by atoms with Gasteiger partial charge in [-0.1, -0.05) is 13.0 Å². The summed E-state index contributed by atoms with van der Waals surface area (Å²) in [6.07, 6.45) is 3.07. The molecule has 0 unspecified atom stereocenters. The van der Waals surface area contributed by atoms with Crippen LogP contribution in [-0.4, -0.2) is 37.9 Å². The summed E-state index contributed by atoms with van der Waals surface area (Å²) in [5, 5.41) is 0. The van der Waals surface area contributed by atoms with Crippen LogP contribution in [0.2, 0.25) is 0 Å². The molecule has 1 aromatic heterocycles. The van der Waals surface area contributed by atoms with Crippen LogP contribution in [0, 0.1) is 0 Å². The molecule has 0 amide bonds. The summed E-state index contributed by atoms with van der Waals surface area (Å²) in [5.41, 5.74) is 0.888. The van der Waals surface area contributed by atoms with Crippen molar-refractivity contribution in [1.29, 1.82) is 0 Å². The van der Waals surface area contributed by atoms with Gasteiger partial charge in [0.25, 0.3) is 0 Å². The third-order valence-electron chi connectivity index (χ3n) is 3.51. The van der Waals surface area contributed by atoms with Crippen LogP contribution in [-0.2, 0) is 16.4 Å². The first kappa shape index (κ1) is 17.4. The third-order valence-corrected chi connectivity index (χ3v) is 5.43. The zero-order valence-electron chi connectivity index (χ0n) is 13.5. The number of rotatable bonds is 8. The van der Waals surface area contributed by atoms with E-state index in [-0.39, 0.29) is 4.90 Å². The van der Waals surface area contributed by atoms with Crippen LogP contribution in [0.15, 0.2) is 53.6 Å². The van der Waals surface area contributed by atoms with Gasteiger partial charge in [-0.15, -0.1) is 0 Å². The quantitative estimate of drug-likeness (QED) is 0.745. The minimum absolute atomic E-state index is 0.285. The highest BCUT2D eigenvalue weighted by Crippen LogP contribution is 2.20. The standard InChI is InChI=1S/C17H22N2O3S/c1-3-13-19(14-11-15-6-4-5-12-18-15)23(20,21)17-9-7-16(22-2)8-10-17/h4-10,12H,3,11,13-14H2,1-2H3. The van der Waals surface area contributed by atoms with E-state index in [1.165, 1.54) is 4.31 Å². The molecule has 0 radical (unpaired) electrons. The Morgan fingerprint density at radius 2 is 1.83 bits per heavy atom. The van der Waals surface area contributed by atoms with Crippen LogP contribution in [0.3, 0.4) is 0 Å². The maximum atomic E-state index is 12.8. The van der Waals surface area contributed by atoms with Gasteiger partial charge in [-0.25, -0.2) is 8.42 Å². The predicted octanol–water partition coefficient (Wildman–Crippen LogP) is 2.73. The molecule has 0 aliphatic heterocycles. The average molecular weight is 334 g/mol. The van der Waals surface area contributed by atoms with Gasteiger partial charge in [0.05, 0.1) is 12.0 Å². The monoisotopic (exact) mass is 334 g/mol. The molecule has 1 aromatic carbocycles. The highest BCUT2D eigenvalue weighted by atomic mass is 32.2. The van der Waals surface area contributed by atoms with Crippen molar-refractivity contribution in [3.63, 3.8) is 0 Å². The van der Waals surface area contributed by atoms with Crippen molar-refractivity contribution in [3.05, 3.63) is 54.4 Å². The van der Waals surface area contributed by atoms with Gasteiger partial charge in [-0.3, -0.25) is 4.98 Å². The van der Waals surface area contributed by atoms with Crippen LogP contribution in [0.1, 0.15) is 19.0 Å². The van der Waals surface area contributed by atoms with E-state index >= 15 is 0 Å². The Morgan fingerprint density at radius 1 is 1.09 bits per heavy atom. The largest absolute Gasteiger partial charge is 0.497 e. The van der Waals surface area contributed by atoms with E-state index in [1.807, 2.05) is 25.1 Å². The van der Waals surface area contributed by atoms with Gasteiger partial charge in [0.15, 0.2) is 0 Å². The fourth-order valence-corrected chi connectivity index (χ4v) is 3.82. The molecule has 5 nitrogen and oxygen atoms in total. The van der Waals surface area contributed by atoms with Crippen LogP contribution >= 0.6 is 0 Å². The molecular formula is C17H22N2O3S. The third kappa shape index (κ3) is 4.53. The first-order chi connectivity index (χ1) is 11.1. The van der Waals surface area contributed by atoms with Gasteiger partial charge >= 0.3 is 0 Å². The Balaban J connectivity index is 2.16. The molecule has 0 saturated heterocycles. The molecule has 6 heteroatoms. The van der Waals surface area contributed by atoms with Crippen molar-refractivity contribution >= 4 is 10.0 Å². The fourth-order valence-electron chi connectivity index (χ4n) is 2.28. The lowest BCUT2D eigenvalue weighted by Gasteiger charge is -2.21. The van der Waals surface area contributed by atoms with Crippen molar-refractivity contribution in [3.8, 4) is 5.75 Å². The summed E-state index contributed by atoms with van der Waals surface area (Å²) in [4.78, 5) is 4.54. The van der Waals surface area contributed by atoms with Crippen molar-refractivity contribution in [2.24, 2.45) is 0 Å². The summed E-state index contributed by atoms with van der Waals surface area (Å²) in [6.45, 7) is 2.87. The highest BCUT2D eigenvalue weighted by Gasteiger charge is 2.23. The van der Waals surface area contributed by atoms with E-state index in [1.54, 1.807) is 37.6 Å². The topological polar surface area (TPSA) is 59.5 Å². The van der Waals surface area contributed by atoms with Gasteiger partial charge in [0, 0.05) is 31.4 Å². The number of ether oxygens (including phenoxy) is 1. The second kappa shape index (κ2) is 8.08. The van der Waals surface area contributed by atoms with Gasteiger partial charge < -0.3 is 4.74 Å². The average Bonchev–Trinajstić information content (AvgIpc) is 2.59. The molecule has 0 atom stereocenters. The maximum absolute atomic E-state index is 12.8. The summed E-state index contributed by atoms with van der Waals surface area (Å²) in [7, 11) is -1.95. The normalized spacial score (nSPS) is 11.6. The van der Waals surface area contributed by atoms with E-state index < -0.39 is 10.0 Å². The first-order valence-electron chi connectivity index (χ1n) is 7.62. The Hall–Kier alpha value is -1.92. The first-order valence-corrected chi connectivity index (χ1v) is 9.06. The molecule has 2 aromatic rings. The zero-order valence-corrected chi connectivity index (χ0v) is 14.3. The Morgan fingerprint density at radius 3 is 2.39 bits per heavy atom. The van der Waals surface area contributed by atoms with Gasteiger partial charge in [-0.05, 0) is 42.8 Å². The van der Waals surface area contributed by atoms with Crippen LogP contribution in [0.5, 0.6) is 5.75 Å².